The van der Waals surface area contributed by atoms with Crippen molar-refractivity contribution >= 4 is 16.8 Å². The number of fused-ring (bicyclic) bond motifs is 2. The molecular formula is C15H12. The van der Waals surface area contributed by atoms with E-state index in [2.05, 4.69) is 42.5 Å². The second kappa shape index (κ2) is 2.52. The largest absolute Gasteiger partial charge is 0.0620 e. The van der Waals surface area contributed by atoms with Crippen LogP contribution in [0, 0.1) is 0 Å². The van der Waals surface area contributed by atoms with Crippen molar-refractivity contribution < 1.29 is 0 Å². The molecule has 0 radical (unpaired) electrons. The SMILES string of the molecule is C1=C2CCC2c2cccc3cccc1c23. The molecule has 0 heteroatoms. The minimum absolute atomic E-state index is 0.739. The summed E-state index contributed by atoms with van der Waals surface area (Å²) in [7, 11) is 0. The molecule has 15 heavy (non-hydrogen) atoms. The molecule has 2 aromatic carbocycles. The summed E-state index contributed by atoms with van der Waals surface area (Å²) in [4.78, 5) is 0. The van der Waals surface area contributed by atoms with Crippen molar-refractivity contribution in [3.8, 4) is 0 Å². The lowest BCUT2D eigenvalue weighted by molar-refractivity contribution is 0.571. The van der Waals surface area contributed by atoms with Crippen molar-refractivity contribution in [2.45, 2.75) is 18.8 Å². The first kappa shape index (κ1) is 7.70. The standard InChI is InChI=1S/C15H12/c1-3-10-4-2-6-14-13-8-7-11(13)9-12(5-1)15(10)14/h1-6,9,13H,7-8H2. The highest BCUT2D eigenvalue weighted by Gasteiger charge is 2.30. The van der Waals surface area contributed by atoms with Crippen LogP contribution < -0.4 is 0 Å². The predicted molar refractivity (Wildman–Crippen MR) is 63.9 cm³/mol. The van der Waals surface area contributed by atoms with Gasteiger partial charge in [-0.05, 0) is 34.7 Å². The van der Waals surface area contributed by atoms with Gasteiger partial charge in [-0.1, -0.05) is 48.0 Å². The fraction of sp³-hybridized carbons (Fsp3) is 0.200. The highest BCUT2D eigenvalue weighted by atomic mass is 14.3. The summed E-state index contributed by atoms with van der Waals surface area (Å²) in [5.74, 6) is 0.739. The van der Waals surface area contributed by atoms with Crippen LogP contribution in [-0.4, -0.2) is 0 Å². The number of rotatable bonds is 0. The minimum Gasteiger partial charge on any atom is -0.0620 e. The van der Waals surface area contributed by atoms with Crippen LogP contribution in [0.4, 0.5) is 0 Å². The average Bonchev–Trinajstić information content (AvgIpc) is 2.23. The van der Waals surface area contributed by atoms with Crippen LogP contribution in [0.2, 0.25) is 0 Å². The van der Waals surface area contributed by atoms with Gasteiger partial charge in [0.05, 0.1) is 0 Å². The molecule has 2 aromatic rings. The van der Waals surface area contributed by atoms with Crippen LogP contribution in [0.1, 0.15) is 29.9 Å². The summed E-state index contributed by atoms with van der Waals surface area (Å²) in [6.07, 6.45) is 5.05. The van der Waals surface area contributed by atoms with E-state index in [1.165, 1.54) is 29.2 Å². The second-order valence-electron chi connectivity index (χ2n) is 4.60. The summed E-state index contributed by atoms with van der Waals surface area (Å²) in [5, 5.41) is 2.89. The Bertz CT molecular complexity index is 585. The molecule has 0 heterocycles. The Kier molecular flexibility index (Phi) is 1.29. The zero-order chi connectivity index (χ0) is 9.83. The lowest BCUT2D eigenvalue weighted by atomic mass is 9.69. The Hall–Kier alpha value is -1.56. The molecule has 0 spiro atoms. The maximum atomic E-state index is 2.41. The molecule has 0 aliphatic heterocycles. The molecule has 0 nitrogen and oxygen atoms in total. The van der Waals surface area contributed by atoms with E-state index < -0.39 is 0 Å². The Balaban J connectivity index is 2.20. The van der Waals surface area contributed by atoms with Gasteiger partial charge in [-0.25, -0.2) is 0 Å². The Morgan fingerprint density at radius 3 is 2.67 bits per heavy atom. The maximum Gasteiger partial charge on any atom is 0.00609 e. The first-order chi connectivity index (χ1) is 7.43. The molecule has 2 aliphatic carbocycles. The quantitative estimate of drug-likeness (QED) is 0.589. The summed E-state index contributed by atoms with van der Waals surface area (Å²) in [6.45, 7) is 0. The van der Waals surface area contributed by atoms with E-state index in [-0.39, 0.29) is 0 Å². The number of benzene rings is 2. The van der Waals surface area contributed by atoms with Gasteiger partial charge in [-0.15, -0.1) is 0 Å². The van der Waals surface area contributed by atoms with E-state index in [4.69, 9.17) is 0 Å². The van der Waals surface area contributed by atoms with Crippen molar-refractivity contribution in [2.24, 2.45) is 0 Å². The molecule has 1 fully saturated rings. The number of allylic oxidation sites excluding steroid dienone is 1. The van der Waals surface area contributed by atoms with Gasteiger partial charge >= 0.3 is 0 Å². The number of hydrogen-bond acceptors (Lipinski definition) is 0. The lowest BCUT2D eigenvalue weighted by Crippen LogP contribution is -2.16. The van der Waals surface area contributed by atoms with Crippen molar-refractivity contribution in [1.82, 2.24) is 0 Å². The van der Waals surface area contributed by atoms with Crippen LogP contribution in [-0.2, 0) is 0 Å². The van der Waals surface area contributed by atoms with E-state index in [9.17, 15) is 0 Å². The van der Waals surface area contributed by atoms with Gasteiger partial charge in [0, 0.05) is 5.92 Å². The van der Waals surface area contributed by atoms with Gasteiger partial charge in [-0.2, -0.15) is 0 Å². The first-order valence-corrected chi connectivity index (χ1v) is 5.65. The van der Waals surface area contributed by atoms with Gasteiger partial charge in [-0.3, -0.25) is 0 Å². The average molecular weight is 192 g/mol. The first-order valence-electron chi connectivity index (χ1n) is 5.65. The van der Waals surface area contributed by atoms with E-state index in [1.54, 1.807) is 11.1 Å². The Labute approximate surface area is 89.2 Å². The molecule has 0 N–H and O–H groups in total. The van der Waals surface area contributed by atoms with Crippen LogP contribution in [0.3, 0.4) is 0 Å². The Morgan fingerprint density at radius 2 is 1.87 bits per heavy atom. The normalized spacial score (nSPS) is 21.9. The number of hydrogen-bond donors (Lipinski definition) is 0. The molecular weight excluding hydrogens is 180 g/mol. The molecule has 72 valence electrons. The van der Waals surface area contributed by atoms with E-state index >= 15 is 0 Å². The zero-order valence-corrected chi connectivity index (χ0v) is 8.53. The predicted octanol–water partition coefficient (Wildman–Crippen LogP) is 4.11. The molecule has 0 saturated heterocycles. The fourth-order valence-electron chi connectivity index (χ4n) is 2.99. The van der Waals surface area contributed by atoms with Crippen molar-refractivity contribution in [3.63, 3.8) is 0 Å². The van der Waals surface area contributed by atoms with E-state index in [0.717, 1.165) is 5.92 Å². The monoisotopic (exact) mass is 192 g/mol. The van der Waals surface area contributed by atoms with Gasteiger partial charge < -0.3 is 0 Å². The smallest absolute Gasteiger partial charge is 0.00609 e. The van der Waals surface area contributed by atoms with Crippen molar-refractivity contribution in [3.05, 3.63) is 53.1 Å². The van der Waals surface area contributed by atoms with Crippen LogP contribution in [0.15, 0.2) is 42.0 Å². The van der Waals surface area contributed by atoms with Crippen LogP contribution >= 0.6 is 0 Å². The minimum atomic E-state index is 0.739. The summed E-state index contributed by atoms with van der Waals surface area (Å²) < 4.78 is 0. The van der Waals surface area contributed by atoms with Gasteiger partial charge in [0.15, 0.2) is 0 Å². The molecule has 2 aliphatic rings. The van der Waals surface area contributed by atoms with Crippen molar-refractivity contribution in [2.75, 3.05) is 0 Å². The third kappa shape index (κ3) is 0.872. The molecule has 1 atom stereocenters. The summed E-state index contributed by atoms with van der Waals surface area (Å²) in [6, 6.07) is 13.4. The molecule has 1 unspecified atom stereocenters. The third-order valence-corrected chi connectivity index (χ3v) is 3.85. The molecule has 1 saturated carbocycles. The van der Waals surface area contributed by atoms with Gasteiger partial charge in [0.25, 0.3) is 0 Å². The van der Waals surface area contributed by atoms with Gasteiger partial charge in [0.1, 0.15) is 0 Å². The molecule has 0 amide bonds. The Morgan fingerprint density at radius 1 is 1.00 bits per heavy atom. The summed E-state index contributed by atoms with van der Waals surface area (Å²) in [5.41, 5.74) is 4.63. The highest BCUT2D eigenvalue weighted by molar-refractivity contribution is 5.96. The maximum absolute atomic E-state index is 2.41. The van der Waals surface area contributed by atoms with Gasteiger partial charge in [0.2, 0.25) is 0 Å². The highest BCUT2D eigenvalue weighted by Crippen LogP contribution is 2.49. The zero-order valence-electron chi connectivity index (χ0n) is 8.53. The lowest BCUT2D eigenvalue weighted by Gasteiger charge is -2.35. The van der Waals surface area contributed by atoms with Crippen molar-refractivity contribution in [1.29, 1.82) is 0 Å². The molecule has 0 bridgehead atoms. The van der Waals surface area contributed by atoms with E-state index in [0.29, 0.717) is 0 Å². The second-order valence-corrected chi connectivity index (χ2v) is 4.60. The van der Waals surface area contributed by atoms with Crippen LogP contribution in [0.25, 0.3) is 16.8 Å². The fourth-order valence-corrected chi connectivity index (χ4v) is 2.99. The van der Waals surface area contributed by atoms with Crippen LogP contribution in [0.5, 0.6) is 0 Å². The van der Waals surface area contributed by atoms with E-state index in [1.807, 2.05) is 0 Å². The molecule has 4 rings (SSSR count). The topological polar surface area (TPSA) is 0 Å². The molecule has 0 aromatic heterocycles. The summed E-state index contributed by atoms with van der Waals surface area (Å²) >= 11 is 0. The third-order valence-electron chi connectivity index (χ3n) is 3.85.